The fourth-order valence-electron chi connectivity index (χ4n) is 1.60. The van der Waals surface area contributed by atoms with Crippen LogP contribution >= 0.6 is 11.6 Å². The molecular weight excluding hydrogens is 243 g/mol. The molecule has 0 saturated heterocycles. The quantitative estimate of drug-likeness (QED) is 0.881. The summed E-state index contributed by atoms with van der Waals surface area (Å²) < 4.78 is 18.7. The Balaban J connectivity index is 2.73. The Labute approximate surface area is 106 Å². The minimum absolute atomic E-state index is 0.0901. The Morgan fingerprint density at radius 3 is 2.65 bits per heavy atom. The van der Waals surface area contributed by atoms with Gasteiger partial charge in [-0.15, -0.1) is 0 Å². The summed E-state index contributed by atoms with van der Waals surface area (Å²) in [7, 11) is 0. The number of hydrogen-bond donors (Lipinski definition) is 1. The van der Waals surface area contributed by atoms with E-state index in [-0.39, 0.29) is 5.02 Å². The first-order chi connectivity index (χ1) is 7.86. The van der Waals surface area contributed by atoms with Gasteiger partial charge in [0.15, 0.2) is 0 Å². The normalized spacial score (nSPS) is 13.8. The monoisotopic (exact) mass is 260 g/mol. The van der Waals surface area contributed by atoms with E-state index < -0.39 is 17.5 Å². The maximum absolute atomic E-state index is 13.2. The van der Waals surface area contributed by atoms with Gasteiger partial charge in [0, 0.05) is 13.0 Å². The van der Waals surface area contributed by atoms with Gasteiger partial charge in [0.2, 0.25) is 0 Å². The van der Waals surface area contributed by atoms with E-state index in [1.807, 2.05) is 20.8 Å². The molecule has 0 aromatic heterocycles. The van der Waals surface area contributed by atoms with E-state index in [9.17, 15) is 9.50 Å². The predicted molar refractivity (Wildman–Crippen MR) is 66.8 cm³/mol. The van der Waals surface area contributed by atoms with Crippen LogP contribution in [0.15, 0.2) is 18.2 Å². The van der Waals surface area contributed by atoms with Crippen LogP contribution in [0.3, 0.4) is 0 Å². The van der Waals surface area contributed by atoms with E-state index in [2.05, 4.69) is 0 Å². The Hall–Kier alpha value is -0.640. The zero-order valence-electron chi connectivity index (χ0n) is 10.3. The predicted octanol–water partition coefficient (Wildman–Crippen LogP) is 3.20. The molecule has 0 aliphatic rings. The van der Waals surface area contributed by atoms with Crippen LogP contribution in [0.5, 0.6) is 0 Å². The van der Waals surface area contributed by atoms with Gasteiger partial charge in [0.1, 0.15) is 5.82 Å². The molecule has 1 atom stereocenters. The highest BCUT2D eigenvalue weighted by Crippen LogP contribution is 2.21. The molecule has 1 rings (SSSR count). The molecule has 0 spiro atoms. The van der Waals surface area contributed by atoms with Crippen molar-refractivity contribution in [3.8, 4) is 0 Å². The van der Waals surface area contributed by atoms with Gasteiger partial charge in [-0.25, -0.2) is 4.39 Å². The topological polar surface area (TPSA) is 29.5 Å². The molecule has 0 radical (unpaired) electrons. The Bertz CT molecular complexity index is 380. The first kappa shape index (κ1) is 14.4. The van der Waals surface area contributed by atoms with Gasteiger partial charge in [-0.3, -0.25) is 0 Å². The molecule has 1 N–H and O–H groups in total. The third kappa shape index (κ3) is 3.95. The Morgan fingerprint density at radius 1 is 1.47 bits per heavy atom. The van der Waals surface area contributed by atoms with Gasteiger partial charge in [-0.05, 0) is 38.5 Å². The van der Waals surface area contributed by atoms with Crippen molar-refractivity contribution in [1.82, 2.24) is 0 Å². The summed E-state index contributed by atoms with van der Waals surface area (Å²) in [5, 5.41) is 10.1. The lowest BCUT2D eigenvalue weighted by molar-refractivity contribution is -0.0955. The third-order valence-corrected chi connectivity index (χ3v) is 3.04. The summed E-state index contributed by atoms with van der Waals surface area (Å²) in [6.07, 6.45) is -0.357. The number of aliphatic hydroxyl groups is 1. The highest BCUT2D eigenvalue weighted by atomic mass is 35.5. The van der Waals surface area contributed by atoms with Crippen molar-refractivity contribution in [2.24, 2.45) is 0 Å². The fraction of sp³-hybridized carbons (Fsp3) is 0.538. The van der Waals surface area contributed by atoms with E-state index in [4.69, 9.17) is 16.3 Å². The maximum Gasteiger partial charge on any atom is 0.142 e. The molecule has 17 heavy (non-hydrogen) atoms. The summed E-state index contributed by atoms with van der Waals surface area (Å²) >= 11 is 5.59. The summed E-state index contributed by atoms with van der Waals surface area (Å²) in [5.41, 5.74) is 0.0531. The van der Waals surface area contributed by atoms with E-state index >= 15 is 0 Å². The molecule has 0 saturated carbocycles. The first-order valence-corrected chi connectivity index (χ1v) is 6.00. The molecule has 0 heterocycles. The average molecular weight is 261 g/mol. The highest BCUT2D eigenvalue weighted by molar-refractivity contribution is 6.30. The lowest BCUT2D eigenvalue weighted by Crippen LogP contribution is -2.40. The molecule has 0 bridgehead atoms. The van der Waals surface area contributed by atoms with Crippen molar-refractivity contribution in [3.05, 3.63) is 34.6 Å². The smallest absolute Gasteiger partial charge is 0.142 e. The van der Waals surface area contributed by atoms with Gasteiger partial charge in [0.25, 0.3) is 0 Å². The number of aliphatic hydroxyl groups excluding tert-OH is 1. The number of halogens is 2. The number of hydrogen-bond acceptors (Lipinski definition) is 2. The maximum atomic E-state index is 13.2. The van der Waals surface area contributed by atoms with Crippen LogP contribution < -0.4 is 0 Å². The van der Waals surface area contributed by atoms with Gasteiger partial charge < -0.3 is 9.84 Å². The molecular formula is C13H18ClFO2. The average Bonchev–Trinajstić information content (AvgIpc) is 2.23. The molecule has 2 nitrogen and oxygen atoms in total. The van der Waals surface area contributed by atoms with E-state index in [0.717, 1.165) is 0 Å². The summed E-state index contributed by atoms with van der Waals surface area (Å²) in [4.78, 5) is 0. The molecule has 4 heteroatoms. The van der Waals surface area contributed by atoms with Crippen molar-refractivity contribution >= 4 is 11.6 Å². The second-order valence-electron chi connectivity index (χ2n) is 4.50. The van der Waals surface area contributed by atoms with Crippen molar-refractivity contribution in [2.45, 2.75) is 38.9 Å². The minimum Gasteiger partial charge on any atom is -0.390 e. The van der Waals surface area contributed by atoms with Crippen molar-refractivity contribution in [2.75, 3.05) is 6.61 Å². The first-order valence-electron chi connectivity index (χ1n) is 5.62. The second-order valence-corrected chi connectivity index (χ2v) is 4.91. The summed E-state index contributed by atoms with van der Waals surface area (Å²) in [6, 6.07) is 4.54. The summed E-state index contributed by atoms with van der Waals surface area (Å²) in [6.45, 7) is 6.02. The van der Waals surface area contributed by atoms with Crippen LogP contribution in [-0.2, 0) is 11.2 Å². The van der Waals surface area contributed by atoms with Crippen molar-refractivity contribution in [3.63, 3.8) is 0 Å². The zero-order chi connectivity index (χ0) is 13.1. The van der Waals surface area contributed by atoms with Crippen LogP contribution in [0, 0.1) is 5.82 Å². The Morgan fingerprint density at radius 2 is 2.12 bits per heavy atom. The molecule has 0 amide bonds. The van der Waals surface area contributed by atoms with Gasteiger partial charge in [-0.1, -0.05) is 17.7 Å². The van der Waals surface area contributed by atoms with Crippen LogP contribution in [0.1, 0.15) is 26.3 Å². The van der Waals surface area contributed by atoms with Gasteiger partial charge >= 0.3 is 0 Å². The standard InChI is InChI=1S/C13H18ClFO2/c1-4-17-13(2,3)12(16)8-9-5-6-10(14)11(15)7-9/h5-7,12,16H,4,8H2,1-3H3. The van der Waals surface area contributed by atoms with Gasteiger partial charge in [0.05, 0.1) is 16.7 Å². The molecule has 1 aromatic carbocycles. The Kier molecular flexibility index (Phi) is 4.92. The minimum atomic E-state index is -0.692. The lowest BCUT2D eigenvalue weighted by atomic mass is 9.95. The molecule has 1 unspecified atom stereocenters. The van der Waals surface area contributed by atoms with E-state index in [0.29, 0.717) is 18.6 Å². The lowest BCUT2D eigenvalue weighted by Gasteiger charge is -2.30. The fourth-order valence-corrected chi connectivity index (χ4v) is 1.72. The van der Waals surface area contributed by atoms with Crippen LogP contribution in [-0.4, -0.2) is 23.4 Å². The third-order valence-electron chi connectivity index (χ3n) is 2.73. The number of rotatable bonds is 5. The van der Waals surface area contributed by atoms with Crippen molar-refractivity contribution < 1.29 is 14.2 Å². The van der Waals surface area contributed by atoms with E-state index in [1.165, 1.54) is 12.1 Å². The number of ether oxygens (including phenoxy) is 1. The summed E-state index contributed by atoms with van der Waals surface area (Å²) in [5.74, 6) is -0.467. The number of benzene rings is 1. The molecule has 96 valence electrons. The SMILES string of the molecule is CCOC(C)(C)C(O)Cc1ccc(Cl)c(F)c1. The second kappa shape index (κ2) is 5.80. The molecule has 0 aliphatic carbocycles. The van der Waals surface area contributed by atoms with Crippen LogP contribution in [0.4, 0.5) is 4.39 Å². The molecule has 0 fully saturated rings. The molecule has 0 aliphatic heterocycles. The zero-order valence-corrected chi connectivity index (χ0v) is 11.1. The van der Waals surface area contributed by atoms with E-state index in [1.54, 1.807) is 6.07 Å². The van der Waals surface area contributed by atoms with Crippen LogP contribution in [0.2, 0.25) is 5.02 Å². The largest absolute Gasteiger partial charge is 0.390 e. The molecule has 1 aromatic rings. The van der Waals surface area contributed by atoms with Gasteiger partial charge in [-0.2, -0.15) is 0 Å². The highest BCUT2D eigenvalue weighted by Gasteiger charge is 2.28. The van der Waals surface area contributed by atoms with Crippen LogP contribution in [0.25, 0.3) is 0 Å². The van der Waals surface area contributed by atoms with Crippen molar-refractivity contribution in [1.29, 1.82) is 0 Å².